The van der Waals surface area contributed by atoms with Crippen molar-refractivity contribution in [2.24, 2.45) is 5.41 Å². The zero-order valence-electron chi connectivity index (χ0n) is 10.8. The lowest BCUT2D eigenvalue weighted by molar-refractivity contribution is -0.143. The standard InChI is InChI=1S/C13H25NO2/c1-4-6-7-11(12(15)16-3)14-10-13(5-2)8-9-13/h11,14H,4-10H2,1-3H3. The Morgan fingerprint density at radius 1 is 1.44 bits per heavy atom. The van der Waals surface area contributed by atoms with Gasteiger partial charge in [-0.15, -0.1) is 0 Å². The van der Waals surface area contributed by atoms with E-state index >= 15 is 0 Å². The molecule has 0 aromatic carbocycles. The van der Waals surface area contributed by atoms with Gasteiger partial charge in [-0.25, -0.2) is 0 Å². The second-order valence-electron chi connectivity index (χ2n) is 4.95. The summed E-state index contributed by atoms with van der Waals surface area (Å²) in [4.78, 5) is 11.6. The summed E-state index contributed by atoms with van der Waals surface area (Å²) in [6.45, 7) is 5.34. The molecule has 1 atom stereocenters. The second kappa shape index (κ2) is 6.24. The molecule has 0 amide bonds. The minimum Gasteiger partial charge on any atom is -0.468 e. The van der Waals surface area contributed by atoms with Crippen LogP contribution < -0.4 is 5.32 Å². The average molecular weight is 227 g/mol. The molecule has 0 saturated heterocycles. The van der Waals surface area contributed by atoms with Gasteiger partial charge in [-0.05, 0) is 31.1 Å². The first-order chi connectivity index (χ1) is 7.67. The first kappa shape index (κ1) is 13.5. The molecule has 3 heteroatoms. The van der Waals surface area contributed by atoms with Crippen molar-refractivity contribution in [2.45, 2.75) is 58.4 Å². The van der Waals surface area contributed by atoms with Gasteiger partial charge in [0.1, 0.15) is 6.04 Å². The predicted octanol–water partition coefficient (Wildman–Crippen LogP) is 2.50. The lowest BCUT2D eigenvalue weighted by Crippen LogP contribution is -2.40. The number of unbranched alkanes of at least 4 members (excludes halogenated alkanes) is 1. The summed E-state index contributed by atoms with van der Waals surface area (Å²) in [7, 11) is 1.47. The Balaban J connectivity index is 2.34. The summed E-state index contributed by atoms with van der Waals surface area (Å²) in [5, 5.41) is 3.38. The third-order valence-corrected chi connectivity index (χ3v) is 3.76. The molecule has 0 aromatic rings. The Morgan fingerprint density at radius 3 is 2.56 bits per heavy atom. The minimum atomic E-state index is -0.111. The van der Waals surface area contributed by atoms with Crippen LogP contribution in [0.3, 0.4) is 0 Å². The number of esters is 1. The van der Waals surface area contributed by atoms with Crippen molar-refractivity contribution in [3.05, 3.63) is 0 Å². The number of ether oxygens (including phenoxy) is 1. The topological polar surface area (TPSA) is 38.3 Å². The Bertz CT molecular complexity index is 224. The molecule has 0 aromatic heterocycles. The van der Waals surface area contributed by atoms with E-state index in [0.29, 0.717) is 5.41 Å². The zero-order chi connectivity index (χ0) is 12.0. The molecule has 0 aliphatic heterocycles. The number of carbonyl (C=O) groups excluding carboxylic acids is 1. The van der Waals surface area contributed by atoms with E-state index in [2.05, 4.69) is 19.2 Å². The number of hydrogen-bond donors (Lipinski definition) is 1. The fourth-order valence-electron chi connectivity index (χ4n) is 2.03. The lowest BCUT2D eigenvalue weighted by Gasteiger charge is -2.20. The molecule has 1 rings (SSSR count). The third-order valence-electron chi connectivity index (χ3n) is 3.76. The normalized spacial score (nSPS) is 19.2. The average Bonchev–Trinajstić information content (AvgIpc) is 3.09. The Morgan fingerprint density at radius 2 is 2.12 bits per heavy atom. The van der Waals surface area contributed by atoms with Gasteiger partial charge < -0.3 is 10.1 Å². The van der Waals surface area contributed by atoms with Crippen LogP contribution in [0.2, 0.25) is 0 Å². The molecular formula is C13H25NO2. The number of carbonyl (C=O) groups is 1. The van der Waals surface area contributed by atoms with E-state index in [-0.39, 0.29) is 12.0 Å². The monoisotopic (exact) mass is 227 g/mol. The van der Waals surface area contributed by atoms with E-state index in [4.69, 9.17) is 4.74 Å². The minimum absolute atomic E-state index is 0.103. The van der Waals surface area contributed by atoms with Crippen molar-refractivity contribution in [2.75, 3.05) is 13.7 Å². The highest BCUT2D eigenvalue weighted by Crippen LogP contribution is 2.47. The Kier molecular flexibility index (Phi) is 5.26. The van der Waals surface area contributed by atoms with E-state index in [1.165, 1.54) is 26.4 Å². The highest BCUT2D eigenvalue weighted by molar-refractivity contribution is 5.75. The summed E-state index contributed by atoms with van der Waals surface area (Å²) in [5.41, 5.74) is 0.485. The molecule has 1 aliphatic carbocycles. The lowest BCUT2D eigenvalue weighted by atomic mass is 10.0. The smallest absolute Gasteiger partial charge is 0.322 e. The van der Waals surface area contributed by atoms with Crippen molar-refractivity contribution in [1.82, 2.24) is 5.32 Å². The van der Waals surface area contributed by atoms with Crippen LogP contribution in [0, 0.1) is 5.41 Å². The summed E-state index contributed by atoms with van der Waals surface area (Å²) < 4.78 is 4.83. The number of rotatable bonds is 8. The van der Waals surface area contributed by atoms with Crippen molar-refractivity contribution in [1.29, 1.82) is 0 Å². The van der Waals surface area contributed by atoms with E-state index in [9.17, 15) is 4.79 Å². The van der Waals surface area contributed by atoms with Crippen LogP contribution in [0.15, 0.2) is 0 Å². The molecule has 94 valence electrons. The Labute approximate surface area is 98.9 Å². The van der Waals surface area contributed by atoms with Gasteiger partial charge >= 0.3 is 5.97 Å². The maximum atomic E-state index is 11.6. The van der Waals surface area contributed by atoms with E-state index < -0.39 is 0 Å². The molecule has 0 radical (unpaired) electrons. The second-order valence-corrected chi connectivity index (χ2v) is 4.95. The van der Waals surface area contributed by atoms with Gasteiger partial charge in [0.2, 0.25) is 0 Å². The van der Waals surface area contributed by atoms with Gasteiger partial charge in [0.25, 0.3) is 0 Å². The van der Waals surface area contributed by atoms with Crippen LogP contribution in [0.5, 0.6) is 0 Å². The van der Waals surface area contributed by atoms with Gasteiger partial charge in [0.15, 0.2) is 0 Å². The van der Waals surface area contributed by atoms with E-state index in [1.807, 2.05) is 0 Å². The molecule has 16 heavy (non-hydrogen) atoms. The van der Waals surface area contributed by atoms with Crippen LogP contribution in [-0.2, 0) is 9.53 Å². The van der Waals surface area contributed by atoms with Crippen molar-refractivity contribution in [3.63, 3.8) is 0 Å². The molecule has 1 aliphatic rings. The van der Waals surface area contributed by atoms with Crippen molar-refractivity contribution < 1.29 is 9.53 Å². The van der Waals surface area contributed by atoms with Crippen LogP contribution >= 0.6 is 0 Å². The van der Waals surface area contributed by atoms with Crippen LogP contribution in [0.25, 0.3) is 0 Å². The third kappa shape index (κ3) is 3.78. The molecule has 1 N–H and O–H groups in total. The number of nitrogens with one attached hydrogen (secondary N) is 1. The van der Waals surface area contributed by atoms with E-state index in [0.717, 1.165) is 25.8 Å². The van der Waals surface area contributed by atoms with Gasteiger partial charge in [-0.1, -0.05) is 26.7 Å². The van der Waals surface area contributed by atoms with Gasteiger partial charge in [-0.3, -0.25) is 4.79 Å². The van der Waals surface area contributed by atoms with Crippen molar-refractivity contribution >= 4 is 5.97 Å². The molecule has 0 spiro atoms. The van der Waals surface area contributed by atoms with Crippen LogP contribution in [0.4, 0.5) is 0 Å². The van der Waals surface area contributed by atoms with Gasteiger partial charge in [-0.2, -0.15) is 0 Å². The summed E-state index contributed by atoms with van der Waals surface area (Å²) in [5.74, 6) is -0.111. The highest BCUT2D eigenvalue weighted by Gasteiger charge is 2.40. The highest BCUT2D eigenvalue weighted by atomic mass is 16.5. The molecular weight excluding hydrogens is 202 g/mol. The maximum absolute atomic E-state index is 11.6. The molecule has 1 saturated carbocycles. The fraction of sp³-hybridized carbons (Fsp3) is 0.923. The first-order valence-corrected chi connectivity index (χ1v) is 6.48. The number of hydrogen-bond acceptors (Lipinski definition) is 3. The summed E-state index contributed by atoms with van der Waals surface area (Å²) >= 11 is 0. The molecule has 0 bridgehead atoms. The predicted molar refractivity (Wildman–Crippen MR) is 65.3 cm³/mol. The SMILES string of the molecule is CCCCC(NCC1(CC)CC1)C(=O)OC. The molecule has 0 heterocycles. The molecule has 1 fully saturated rings. The summed E-state index contributed by atoms with van der Waals surface area (Å²) in [6, 6.07) is -0.103. The Hall–Kier alpha value is -0.570. The van der Waals surface area contributed by atoms with Gasteiger partial charge in [0, 0.05) is 6.54 Å². The molecule has 3 nitrogen and oxygen atoms in total. The maximum Gasteiger partial charge on any atom is 0.322 e. The van der Waals surface area contributed by atoms with Crippen LogP contribution in [0.1, 0.15) is 52.4 Å². The van der Waals surface area contributed by atoms with Gasteiger partial charge in [0.05, 0.1) is 7.11 Å². The van der Waals surface area contributed by atoms with Crippen molar-refractivity contribution in [3.8, 4) is 0 Å². The largest absolute Gasteiger partial charge is 0.468 e. The van der Waals surface area contributed by atoms with E-state index in [1.54, 1.807) is 0 Å². The first-order valence-electron chi connectivity index (χ1n) is 6.48. The van der Waals surface area contributed by atoms with Crippen LogP contribution in [-0.4, -0.2) is 25.7 Å². The number of methoxy groups -OCH3 is 1. The summed E-state index contributed by atoms with van der Waals surface area (Å²) in [6.07, 6.45) is 6.90. The zero-order valence-corrected chi connectivity index (χ0v) is 10.8. The fourth-order valence-corrected chi connectivity index (χ4v) is 2.03. The quantitative estimate of drug-likeness (QED) is 0.647. The molecule has 1 unspecified atom stereocenters.